The Kier molecular flexibility index (Phi) is 4.30. The number of rotatable bonds is 4. The summed E-state index contributed by atoms with van der Waals surface area (Å²) >= 11 is 2.89. The Morgan fingerprint density at radius 3 is 2.91 bits per heavy atom. The van der Waals surface area contributed by atoms with Crippen molar-refractivity contribution in [3.63, 3.8) is 0 Å². The number of benzene rings is 1. The van der Waals surface area contributed by atoms with Crippen LogP contribution in [0.25, 0.3) is 0 Å². The van der Waals surface area contributed by atoms with Crippen LogP contribution in [0, 0.1) is 6.92 Å². The van der Waals surface area contributed by atoms with E-state index >= 15 is 0 Å². The molecule has 9 heteroatoms. The number of carbonyl (C=O) groups excluding carboxylic acids is 1. The Morgan fingerprint density at radius 1 is 1.43 bits per heavy atom. The highest BCUT2D eigenvalue weighted by atomic mass is 32.2. The van der Waals surface area contributed by atoms with Crippen molar-refractivity contribution in [3.05, 3.63) is 40.5 Å². The molecule has 0 aliphatic carbocycles. The number of nitrogens with zero attached hydrogens (tertiary/aromatic N) is 4. The van der Waals surface area contributed by atoms with Crippen LogP contribution in [0.15, 0.2) is 40.0 Å². The summed E-state index contributed by atoms with van der Waals surface area (Å²) in [4.78, 5) is 17.5. The number of nitrogens with one attached hydrogen (secondary N) is 1. The highest BCUT2D eigenvalue weighted by molar-refractivity contribution is 7.99. The van der Waals surface area contributed by atoms with Gasteiger partial charge in [-0.3, -0.25) is 4.79 Å². The number of amides is 1. The van der Waals surface area contributed by atoms with Gasteiger partial charge in [-0.05, 0) is 36.9 Å². The van der Waals surface area contributed by atoms with Gasteiger partial charge in [0.1, 0.15) is 12.1 Å². The largest absolute Gasteiger partial charge is 0.398 e. The SMILES string of the molecule is Cc1nc(NC(=O)c2cc(Sc3nncn3C)ccc2N)cs1. The van der Waals surface area contributed by atoms with E-state index in [1.165, 1.54) is 23.1 Å². The van der Waals surface area contributed by atoms with Gasteiger partial charge in [-0.25, -0.2) is 4.98 Å². The molecule has 118 valence electrons. The molecule has 3 aromatic rings. The first-order valence-corrected chi connectivity index (χ1v) is 8.37. The predicted octanol–water partition coefficient (Wildman–Crippen LogP) is 2.57. The molecule has 0 saturated carbocycles. The monoisotopic (exact) mass is 346 g/mol. The first-order valence-electron chi connectivity index (χ1n) is 6.68. The topological polar surface area (TPSA) is 98.7 Å². The molecule has 0 bridgehead atoms. The van der Waals surface area contributed by atoms with E-state index in [-0.39, 0.29) is 5.91 Å². The van der Waals surface area contributed by atoms with Gasteiger partial charge in [0.05, 0.1) is 10.6 Å². The van der Waals surface area contributed by atoms with E-state index in [0.717, 1.165) is 15.1 Å². The fourth-order valence-electron chi connectivity index (χ4n) is 1.87. The zero-order valence-corrected chi connectivity index (χ0v) is 14.1. The molecule has 23 heavy (non-hydrogen) atoms. The lowest BCUT2D eigenvalue weighted by molar-refractivity contribution is 0.102. The molecule has 3 N–H and O–H groups in total. The minimum absolute atomic E-state index is 0.284. The normalized spacial score (nSPS) is 10.7. The maximum absolute atomic E-state index is 12.4. The zero-order valence-electron chi connectivity index (χ0n) is 12.5. The third-order valence-corrected chi connectivity index (χ3v) is 4.82. The van der Waals surface area contributed by atoms with Gasteiger partial charge in [-0.15, -0.1) is 21.5 Å². The van der Waals surface area contributed by atoms with Gasteiger partial charge >= 0.3 is 0 Å². The molecule has 0 unspecified atom stereocenters. The van der Waals surface area contributed by atoms with Gasteiger partial charge in [0.25, 0.3) is 5.91 Å². The van der Waals surface area contributed by atoms with E-state index in [9.17, 15) is 4.79 Å². The average molecular weight is 346 g/mol. The van der Waals surface area contributed by atoms with E-state index in [1.807, 2.05) is 20.0 Å². The molecule has 0 fully saturated rings. The Morgan fingerprint density at radius 2 is 2.26 bits per heavy atom. The average Bonchev–Trinajstić information content (AvgIpc) is 3.10. The number of anilines is 2. The summed E-state index contributed by atoms with van der Waals surface area (Å²) in [7, 11) is 1.86. The summed E-state index contributed by atoms with van der Waals surface area (Å²) in [5.74, 6) is 0.247. The van der Waals surface area contributed by atoms with Gasteiger partial charge < -0.3 is 15.6 Å². The van der Waals surface area contributed by atoms with Crippen molar-refractivity contribution < 1.29 is 4.79 Å². The number of aromatic nitrogens is 4. The molecule has 0 atom stereocenters. The van der Waals surface area contributed by atoms with Crippen LogP contribution in [0.1, 0.15) is 15.4 Å². The first-order chi connectivity index (χ1) is 11.0. The van der Waals surface area contributed by atoms with Gasteiger partial charge in [0.2, 0.25) is 0 Å². The third kappa shape index (κ3) is 3.51. The summed E-state index contributed by atoms with van der Waals surface area (Å²) in [5, 5.41) is 14.0. The second-order valence-electron chi connectivity index (χ2n) is 4.78. The molecule has 1 aromatic carbocycles. The van der Waals surface area contributed by atoms with E-state index in [1.54, 1.807) is 28.4 Å². The second-order valence-corrected chi connectivity index (χ2v) is 6.88. The van der Waals surface area contributed by atoms with Crippen molar-refractivity contribution in [1.29, 1.82) is 0 Å². The maximum Gasteiger partial charge on any atom is 0.258 e. The lowest BCUT2D eigenvalue weighted by Crippen LogP contribution is -2.14. The maximum atomic E-state index is 12.4. The lowest BCUT2D eigenvalue weighted by atomic mass is 10.1. The molecule has 0 radical (unpaired) electrons. The van der Waals surface area contributed by atoms with Gasteiger partial charge in [0, 0.05) is 23.0 Å². The van der Waals surface area contributed by atoms with Crippen molar-refractivity contribution in [3.8, 4) is 0 Å². The summed E-state index contributed by atoms with van der Waals surface area (Å²) in [5.41, 5.74) is 6.75. The van der Waals surface area contributed by atoms with Crippen molar-refractivity contribution >= 4 is 40.5 Å². The van der Waals surface area contributed by atoms with Crippen molar-refractivity contribution in [2.24, 2.45) is 7.05 Å². The number of nitrogens with two attached hydrogens (primary N) is 1. The van der Waals surface area contributed by atoms with Crippen LogP contribution >= 0.6 is 23.1 Å². The van der Waals surface area contributed by atoms with Crippen LogP contribution in [-0.2, 0) is 7.05 Å². The number of carbonyl (C=O) groups is 1. The first kappa shape index (κ1) is 15.5. The Labute approximate surface area is 141 Å². The number of nitrogen functional groups attached to an aromatic ring is 1. The number of hydrogen-bond donors (Lipinski definition) is 2. The van der Waals surface area contributed by atoms with Crippen molar-refractivity contribution in [2.75, 3.05) is 11.1 Å². The molecule has 2 aromatic heterocycles. The molecule has 0 aliphatic rings. The van der Waals surface area contributed by atoms with E-state index in [4.69, 9.17) is 5.73 Å². The molecule has 1 amide bonds. The van der Waals surface area contributed by atoms with Crippen LogP contribution in [0.3, 0.4) is 0 Å². The fraction of sp³-hybridized carbons (Fsp3) is 0.143. The lowest BCUT2D eigenvalue weighted by Gasteiger charge is -2.08. The minimum atomic E-state index is -0.284. The molecule has 0 spiro atoms. The third-order valence-electron chi connectivity index (χ3n) is 3.01. The quantitative estimate of drug-likeness (QED) is 0.705. The van der Waals surface area contributed by atoms with Crippen LogP contribution in [0.5, 0.6) is 0 Å². The second kappa shape index (κ2) is 6.39. The fourth-order valence-corrected chi connectivity index (χ4v) is 3.22. The minimum Gasteiger partial charge on any atom is -0.398 e. The number of hydrogen-bond acceptors (Lipinski definition) is 7. The predicted molar refractivity (Wildman–Crippen MR) is 90.8 cm³/mol. The van der Waals surface area contributed by atoms with Crippen molar-refractivity contribution in [2.45, 2.75) is 17.0 Å². The summed E-state index contributed by atoms with van der Waals surface area (Å²) in [6, 6.07) is 5.29. The Balaban J connectivity index is 1.82. The van der Waals surface area contributed by atoms with Crippen molar-refractivity contribution in [1.82, 2.24) is 19.7 Å². The standard InChI is InChI=1S/C14H14N6OS2/c1-8-17-12(6-22-8)18-13(21)10-5-9(3-4-11(10)15)23-14-19-16-7-20(14)2/h3-7H,15H2,1-2H3,(H,18,21). The van der Waals surface area contributed by atoms with Gasteiger partial charge in [0.15, 0.2) is 5.16 Å². The summed E-state index contributed by atoms with van der Waals surface area (Å²) in [6.07, 6.45) is 1.62. The number of thiazole rings is 1. The van der Waals surface area contributed by atoms with Crippen LogP contribution in [0.2, 0.25) is 0 Å². The van der Waals surface area contributed by atoms with Crippen LogP contribution < -0.4 is 11.1 Å². The highest BCUT2D eigenvalue weighted by Crippen LogP contribution is 2.28. The Hall–Kier alpha value is -2.39. The van der Waals surface area contributed by atoms with E-state index in [0.29, 0.717) is 17.1 Å². The zero-order chi connectivity index (χ0) is 16.4. The molecule has 0 saturated heterocycles. The highest BCUT2D eigenvalue weighted by Gasteiger charge is 2.14. The van der Waals surface area contributed by atoms with Crippen LogP contribution in [0.4, 0.5) is 11.5 Å². The number of aryl methyl sites for hydroxylation is 2. The Bertz CT molecular complexity index is 857. The molecule has 7 nitrogen and oxygen atoms in total. The molecule has 2 heterocycles. The van der Waals surface area contributed by atoms with Gasteiger partial charge in [-0.1, -0.05) is 0 Å². The molecule has 0 aliphatic heterocycles. The van der Waals surface area contributed by atoms with E-state index < -0.39 is 0 Å². The summed E-state index contributed by atoms with van der Waals surface area (Å²) < 4.78 is 1.80. The molecular formula is C14H14N6OS2. The van der Waals surface area contributed by atoms with Gasteiger partial charge in [-0.2, -0.15) is 0 Å². The summed E-state index contributed by atoms with van der Waals surface area (Å²) in [6.45, 7) is 1.88. The van der Waals surface area contributed by atoms with E-state index in [2.05, 4.69) is 20.5 Å². The molecule has 3 rings (SSSR count). The van der Waals surface area contributed by atoms with Crippen LogP contribution in [-0.4, -0.2) is 25.7 Å². The smallest absolute Gasteiger partial charge is 0.258 e. The molecular weight excluding hydrogens is 332 g/mol.